The van der Waals surface area contributed by atoms with Crippen LogP contribution < -0.4 is 0 Å². The zero-order valence-electron chi connectivity index (χ0n) is 19.7. The summed E-state index contributed by atoms with van der Waals surface area (Å²) in [5.74, 6) is 4.89. The van der Waals surface area contributed by atoms with E-state index in [2.05, 4.69) is 11.8 Å². The van der Waals surface area contributed by atoms with E-state index in [9.17, 15) is 14.4 Å². The van der Waals surface area contributed by atoms with Crippen molar-refractivity contribution in [2.75, 3.05) is 21.0 Å². The Morgan fingerprint density at radius 2 is 2.06 bits per heavy atom. The number of hydrogen-bond acceptors (Lipinski definition) is 7. The molecule has 1 aromatic heterocycles. The third-order valence-electron chi connectivity index (χ3n) is 8.18. The number of carbonyl (C=O) groups excluding carboxylic acids is 3. The second-order valence-corrected chi connectivity index (χ2v) is 9.75. The van der Waals surface area contributed by atoms with Crippen molar-refractivity contribution in [2.45, 2.75) is 58.0 Å². The van der Waals surface area contributed by atoms with E-state index in [1.165, 1.54) is 14.2 Å². The first-order valence-electron chi connectivity index (χ1n) is 11.6. The average molecular weight is 457 g/mol. The maximum Gasteiger partial charge on any atom is 0.309 e. The Morgan fingerprint density at radius 3 is 2.76 bits per heavy atom. The Labute approximate surface area is 194 Å². The molecule has 3 aliphatic carbocycles. The first-order chi connectivity index (χ1) is 15.8. The standard InChI is InChI=1S/C26H32O7/c1-5-6-21-16(8-10-32-21)15-11-18-17(20(27)12-15)7-9-26(2)19(25(29)31-4)13-22(33-14-30-3)24(28)23(18)26/h8,10,15,17-19,22-23H,7,9,11-14H2,1-4H3/t15-,17-,18+,19+,22+,23+,26+/m1/s1. The fourth-order valence-electron chi connectivity index (χ4n) is 6.69. The van der Waals surface area contributed by atoms with E-state index in [1.807, 2.05) is 13.0 Å². The molecule has 0 aromatic carbocycles. The molecule has 7 atom stereocenters. The first kappa shape index (κ1) is 23.7. The van der Waals surface area contributed by atoms with Crippen molar-refractivity contribution in [3.63, 3.8) is 0 Å². The fraction of sp³-hybridized carbons (Fsp3) is 0.654. The van der Waals surface area contributed by atoms with Crippen LogP contribution in [0.25, 0.3) is 0 Å². The Kier molecular flexibility index (Phi) is 6.78. The van der Waals surface area contributed by atoms with Crippen LogP contribution in [0.15, 0.2) is 16.7 Å². The first-order valence-corrected chi connectivity index (χ1v) is 11.6. The second-order valence-electron chi connectivity index (χ2n) is 9.75. The normalized spacial score (nSPS) is 35.8. The van der Waals surface area contributed by atoms with Crippen molar-refractivity contribution in [1.82, 2.24) is 0 Å². The number of esters is 1. The molecule has 0 amide bonds. The lowest BCUT2D eigenvalue weighted by Gasteiger charge is -2.56. The summed E-state index contributed by atoms with van der Waals surface area (Å²) < 4.78 is 21.5. The molecule has 0 saturated heterocycles. The van der Waals surface area contributed by atoms with E-state index in [0.29, 0.717) is 31.4 Å². The summed E-state index contributed by atoms with van der Waals surface area (Å²) in [5, 5.41) is 0. The molecule has 0 radical (unpaired) electrons. The summed E-state index contributed by atoms with van der Waals surface area (Å²) >= 11 is 0. The predicted molar refractivity (Wildman–Crippen MR) is 118 cm³/mol. The van der Waals surface area contributed by atoms with Gasteiger partial charge >= 0.3 is 5.97 Å². The monoisotopic (exact) mass is 456 g/mol. The van der Waals surface area contributed by atoms with Crippen molar-refractivity contribution in [3.05, 3.63) is 23.7 Å². The quantitative estimate of drug-likeness (QED) is 0.380. The average Bonchev–Trinajstić information content (AvgIpc) is 3.26. The van der Waals surface area contributed by atoms with Crippen molar-refractivity contribution in [1.29, 1.82) is 0 Å². The van der Waals surface area contributed by atoms with Crippen LogP contribution in [0.3, 0.4) is 0 Å². The zero-order valence-corrected chi connectivity index (χ0v) is 19.7. The number of ketones is 2. The van der Waals surface area contributed by atoms with Crippen LogP contribution in [0.4, 0.5) is 0 Å². The number of carbonyl (C=O) groups is 3. The number of methoxy groups -OCH3 is 2. The SMILES string of the molecule is CC#Cc1occc1[C@H]1CC(=O)[C@@H]2CC[C@]3(C)[C@H](C(=O)[C@@H](OCOC)C[C@H]3C(=O)OC)[C@H]2C1. The van der Waals surface area contributed by atoms with Gasteiger partial charge in [-0.1, -0.05) is 12.8 Å². The molecule has 0 unspecified atom stereocenters. The zero-order chi connectivity index (χ0) is 23.8. The summed E-state index contributed by atoms with van der Waals surface area (Å²) in [6, 6.07) is 1.88. The molecule has 0 N–H and O–H groups in total. The van der Waals surface area contributed by atoms with E-state index in [-0.39, 0.29) is 48.5 Å². The van der Waals surface area contributed by atoms with Gasteiger partial charge in [-0.3, -0.25) is 14.4 Å². The summed E-state index contributed by atoms with van der Waals surface area (Å²) in [7, 11) is 2.88. The summed E-state index contributed by atoms with van der Waals surface area (Å²) in [6.45, 7) is 3.73. The molecule has 0 bridgehead atoms. The summed E-state index contributed by atoms with van der Waals surface area (Å²) in [4.78, 5) is 39.9. The van der Waals surface area contributed by atoms with Gasteiger partial charge in [0, 0.05) is 30.9 Å². The van der Waals surface area contributed by atoms with Gasteiger partial charge in [0.2, 0.25) is 0 Å². The van der Waals surface area contributed by atoms with Gasteiger partial charge in [-0.2, -0.15) is 0 Å². The van der Waals surface area contributed by atoms with Crippen LogP contribution >= 0.6 is 0 Å². The predicted octanol–water partition coefficient (Wildman–Crippen LogP) is 3.50. The number of Topliss-reactive ketones (excluding diaryl/α,β-unsaturated/α-hetero) is 2. The lowest BCUT2D eigenvalue weighted by molar-refractivity contribution is -0.185. The van der Waals surface area contributed by atoms with Crippen molar-refractivity contribution in [3.8, 4) is 11.8 Å². The number of hydrogen-bond donors (Lipinski definition) is 0. The van der Waals surface area contributed by atoms with E-state index < -0.39 is 23.4 Å². The van der Waals surface area contributed by atoms with Crippen LogP contribution in [0, 0.1) is 40.9 Å². The highest BCUT2D eigenvalue weighted by Crippen LogP contribution is 2.60. The topological polar surface area (TPSA) is 92.0 Å². The third kappa shape index (κ3) is 4.04. The van der Waals surface area contributed by atoms with E-state index in [1.54, 1.807) is 13.2 Å². The summed E-state index contributed by atoms with van der Waals surface area (Å²) in [5.41, 5.74) is 0.339. The molecule has 3 fully saturated rings. The second kappa shape index (κ2) is 9.44. The van der Waals surface area contributed by atoms with Gasteiger partial charge in [0.25, 0.3) is 0 Å². The van der Waals surface area contributed by atoms with Crippen molar-refractivity contribution < 1.29 is 33.0 Å². The Balaban J connectivity index is 1.72. The Bertz CT molecular complexity index is 982. The minimum Gasteiger partial charge on any atom is -0.469 e. The van der Waals surface area contributed by atoms with Crippen LogP contribution in [-0.2, 0) is 28.6 Å². The van der Waals surface area contributed by atoms with Crippen LogP contribution in [0.2, 0.25) is 0 Å². The lowest BCUT2D eigenvalue weighted by Crippen LogP contribution is -2.60. The molecule has 3 saturated carbocycles. The molecule has 4 rings (SSSR count). The Hall–Kier alpha value is -2.43. The molecule has 0 aliphatic heterocycles. The van der Waals surface area contributed by atoms with Crippen molar-refractivity contribution >= 4 is 17.5 Å². The maximum atomic E-state index is 13.8. The molecule has 33 heavy (non-hydrogen) atoms. The number of fused-ring (bicyclic) bond motifs is 3. The minimum absolute atomic E-state index is 0.0291. The molecular formula is C26H32O7. The fourth-order valence-corrected chi connectivity index (χ4v) is 6.69. The summed E-state index contributed by atoms with van der Waals surface area (Å²) in [6.07, 6.45) is 3.53. The maximum absolute atomic E-state index is 13.8. The molecule has 7 nitrogen and oxygen atoms in total. The van der Waals surface area contributed by atoms with E-state index in [0.717, 1.165) is 5.56 Å². The van der Waals surface area contributed by atoms with Gasteiger partial charge in [-0.15, -0.1) is 0 Å². The molecule has 1 aromatic rings. The van der Waals surface area contributed by atoms with Crippen LogP contribution in [0.5, 0.6) is 0 Å². The Morgan fingerprint density at radius 1 is 1.27 bits per heavy atom. The van der Waals surface area contributed by atoms with Crippen molar-refractivity contribution in [2.24, 2.45) is 29.1 Å². The van der Waals surface area contributed by atoms with Gasteiger partial charge < -0.3 is 18.6 Å². The van der Waals surface area contributed by atoms with E-state index in [4.69, 9.17) is 18.6 Å². The van der Waals surface area contributed by atoms with Gasteiger partial charge in [0.05, 0.1) is 19.3 Å². The largest absolute Gasteiger partial charge is 0.469 e. The highest BCUT2D eigenvalue weighted by atomic mass is 16.7. The molecular weight excluding hydrogens is 424 g/mol. The smallest absolute Gasteiger partial charge is 0.309 e. The molecule has 1 heterocycles. The third-order valence-corrected chi connectivity index (χ3v) is 8.18. The highest BCUT2D eigenvalue weighted by Gasteiger charge is 2.62. The minimum atomic E-state index is -0.753. The highest BCUT2D eigenvalue weighted by molar-refractivity contribution is 5.92. The van der Waals surface area contributed by atoms with Gasteiger partial charge in [-0.25, -0.2) is 0 Å². The van der Waals surface area contributed by atoms with Crippen LogP contribution in [0.1, 0.15) is 63.2 Å². The molecule has 0 spiro atoms. The van der Waals surface area contributed by atoms with Gasteiger partial charge in [0.1, 0.15) is 18.7 Å². The van der Waals surface area contributed by atoms with Gasteiger partial charge in [0.15, 0.2) is 11.5 Å². The number of ether oxygens (including phenoxy) is 3. The van der Waals surface area contributed by atoms with Gasteiger partial charge in [-0.05, 0) is 61.8 Å². The number of rotatable bonds is 5. The van der Waals surface area contributed by atoms with Crippen LogP contribution in [-0.4, -0.2) is 44.7 Å². The lowest BCUT2D eigenvalue weighted by atomic mass is 9.46. The number of furan rings is 1. The molecule has 7 heteroatoms. The molecule has 178 valence electrons. The molecule has 3 aliphatic rings. The van der Waals surface area contributed by atoms with E-state index >= 15 is 0 Å².